The number of aliphatic hydroxyl groups excluding tert-OH is 1. The Balaban J connectivity index is 2.31. The van der Waals surface area contributed by atoms with Crippen LogP contribution in [0.5, 0.6) is 0 Å². The molecule has 2 aromatic heterocycles. The molecule has 2 aromatic rings. The van der Waals surface area contributed by atoms with Crippen LogP contribution in [0.4, 0.5) is 0 Å². The van der Waals surface area contributed by atoms with Gasteiger partial charge in [0.15, 0.2) is 10.6 Å². The third-order valence-electron chi connectivity index (χ3n) is 1.98. The predicted molar refractivity (Wildman–Crippen MR) is 53.7 cm³/mol. The fourth-order valence-corrected chi connectivity index (χ4v) is 1.50. The zero-order valence-electron chi connectivity index (χ0n) is 8.10. The number of H-pyrrole nitrogens is 1. The summed E-state index contributed by atoms with van der Waals surface area (Å²) < 4.78 is 7.07. The molecule has 15 heavy (non-hydrogen) atoms. The second-order valence-corrected chi connectivity index (χ2v) is 3.50. The molecular formula is C8H10N4O2S. The summed E-state index contributed by atoms with van der Waals surface area (Å²) in [5.41, 5.74) is 0.750. The van der Waals surface area contributed by atoms with E-state index in [9.17, 15) is 0 Å². The summed E-state index contributed by atoms with van der Waals surface area (Å²) in [4.78, 5) is 0. The minimum absolute atomic E-state index is 0.163. The fourth-order valence-electron chi connectivity index (χ4n) is 1.29. The average molecular weight is 226 g/mol. The first kappa shape index (κ1) is 10.1. The van der Waals surface area contributed by atoms with Gasteiger partial charge in [0.25, 0.3) is 0 Å². The van der Waals surface area contributed by atoms with E-state index < -0.39 is 0 Å². The van der Waals surface area contributed by atoms with Gasteiger partial charge in [-0.25, -0.2) is 0 Å². The third kappa shape index (κ3) is 1.97. The van der Waals surface area contributed by atoms with Crippen LogP contribution in [0, 0.1) is 11.7 Å². The summed E-state index contributed by atoms with van der Waals surface area (Å²) in [7, 11) is 0. The molecule has 2 rings (SSSR count). The van der Waals surface area contributed by atoms with E-state index in [0.29, 0.717) is 17.1 Å². The fraction of sp³-hybridized carbons (Fsp3) is 0.375. The van der Waals surface area contributed by atoms with E-state index in [1.807, 2.05) is 13.0 Å². The summed E-state index contributed by atoms with van der Waals surface area (Å²) in [5, 5.41) is 19.4. The van der Waals surface area contributed by atoms with Crippen LogP contribution < -0.4 is 0 Å². The lowest BCUT2D eigenvalue weighted by molar-refractivity contribution is 0.265. The number of aryl methyl sites for hydroxylation is 1. The third-order valence-corrected chi connectivity index (χ3v) is 2.29. The minimum atomic E-state index is -0.163. The van der Waals surface area contributed by atoms with Crippen LogP contribution in [-0.4, -0.2) is 25.0 Å². The van der Waals surface area contributed by atoms with Gasteiger partial charge >= 0.3 is 0 Å². The molecule has 80 valence electrons. The standard InChI is InChI=1S/C8H10N4O2S/c1-5-2-6(11-14-5)3-12-7(4-13)9-10-8(12)15/h2,13H,3-4H2,1H3,(H,10,15). The van der Waals surface area contributed by atoms with Gasteiger partial charge in [0.05, 0.1) is 6.54 Å². The van der Waals surface area contributed by atoms with Crippen molar-refractivity contribution in [1.29, 1.82) is 0 Å². The van der Waals surface area contributed by atoms with E-state index in [-0.39, 0.29) is 6.61 Å². The SMILES string of the molecule is Cc1cc(Cn2c(CO)n[nH]c2=S)no1. The maximum atomic E-state index is 9.02. The topological polar surface area (TPSA) is 79.9 Å². The summed E-state index contributed by atoms with van der Waals surface area (Å²) in [5.74, 6) is 1.23. The molecule has 0 amide bonds. The molecule has 0 unspecified atom stereocenters. The highest BCUT2D eigenvalue weighted by molar-refractivity contribution is 7.71. The summed E-state index contributed by atoms with van der Waals surface area (Å²) in [6.45, 7) is 2.10. The second kappa shape index (κ2) is 3.95. The molecular weight excluding hydrogens is 216 g/mol. The van der Waals surface area contributed by atoms with E-state index in [0.717, 1.165) is 11.5 Å². The van der Waals surface area contributed by atoms with E-state index in [1.54, 1.807) is 4.57 Å². The highest BCUT2D eigenvalue weighted by atomic mass is 32.1. The molecule has 0 aliphatic heterocycles. The molecule has 0 aliphatic carbocycles. The molecule has 0 fully saturated rings. The molecule has 0 aliphatic rings. The van der Waals surface area contributed by atoms with Crippen molar-refractivity contribution in [3.63, 3.8) is 0 Å². The van der Waals surface area contributed by atoms with E-state index in [1.165, 1.54) is 0 Å². The number of aliphatic hydroxyl groups is 1. The molecule has 0 saturated carbocycles. The first-order chi connectivity index (χ1) is 7.20. The van der Waals surface area contributed by atoms with Crippen molar-refractivity contribution >= 4 is 12.2 Å². The molecule has 0 aromatic carbocycles. The molecule has 0 bridgehead atoms. The van der Waals surface area contributed by atoms with E-state index in [4.69, 9.17) is 21.8 Å². The number of hydrogen-bond acceptors (Lipinski definition) is 5. The van der Waals surface area contributed by atoms with Crippen LogP contribution in [-0.2, 0) is 13.2 Å². The van der Waals surface area contributed by atoms with Gasteiger partial charge in [-0.1, -0.05) is 5.16 Å². The van der Waals surface area contributed by atoms with Crippen LogP contribution in [0.3, 0.4) is 0 Å². The van der Waals surface area contributed by atoms with Crippen molar-refractivity contribution in [1.82, 2.24) is 19.9 Å². The Bertz CT molecular complexity index is 513. The van der Waals surface area contributed by atoms with Crippen LogP contribution in [0.1, 0.15) is 17.3 Å². The normalized spacial score (nSPS) is 10.8. The van der Waals surface area contributed by atoms with E-state index >= 15 is 0 Å². The quantitative estimate of drug-likeness (QED) is 0.756. The minimum Gasteiger partial charge on any atom is -0.388 e. The predicted octanol–water partition coefficient (Wildman–Crippen LogP) is 0.778. The van der Waals surface area contributed by atoms with Gasteiger partial charge in [-0.05, 0) is 19.1 Å². The highest BCUT2D eigenvalue weighted by Gasteiger charge is 2.07. The summed E-state index contributed by atoms with van der Waals surface area (Å²) in [6.07, 6.45) is 0. The first-order valence-corrected chi connectivity index (χ1v) is 4.78. The molecule has 0 atom stereocenters. The lowest BCUT2D eigenvalue weighted by Crippen LogP contribution is -2.05. The number of rotatable bonds is 3. The summed E-state index contributed by atoms with van der Waals surface area (Å²) >= 11 is 5.02. The maximum absolute atomic E-state index is 9.02. The molecule has 0 radical (unpaired) electrons. The van der Waals surface area contributed by atoms with Crippen LogP contribution in [0.2, 0.25) is 0 Å². The number of aromatic nitrogens is 4. The maximum Gasteiger partial charge on any atom is 0.195 e. The lowest BCUT2D eigenvalue weighted by Gasteiger charge is -2.00. The molecule has 2 N–H and O–H groups in total. The zero-order valence-corrected chi connectivity index (χ0v) is 8.91. The van der Waals surface area contributed by atoms with Gasteiger partial charge in [-0.15, -0.1) is 0 Å². The Morgan fingerprint density at radius 1 is 1.67 bits per heavy atom. The van der Waals surface area contributed by atoms with Gasteiger partial charge in [-0.2, -0.15) is 5.10 Å². The van der Waals surface area contributed by atoms with Gasteiger partial charge in [0.2, 0.25) is 0 Å². The first-order valence-electron chi connectivity index (χ1n) is 4.38. The van der Waals surface area contributed by atoms with Crippen molar-refractivity contribution < 1.29 is 9.63 Å². The second-order valence-electron chi connectivity index (χ2n) is 3.12. The van der Waals surface area contributed by atoms with Crippen molar-refractivity contribution in [2.24, 2.45) is 0 Å². The van der Waals surface area contributed by atoms with Crippen molar-refractivity contribution in [2.75, 3.05) is 0 Å². The monoisotopic (exact) mass is 226 g/mol. The highest BCUT2D eigenvalue weighted by Crippen LogP contribution is 2.06. The van der Waals surface area contributed by atoms with Gasteiger partial charge < -0.3 is 9.63 Å². The average Bonchev–Trinajstić information content (AvgIpc) is 2.76. The Kier molecular flexibility index (Phi) is 2.65. The van der Waals surface area contributed by atoms with Crippen molar-refractivity contribution in [3.8, 4) is 0 Å². The van der Waals surface area contributed by atoms with Crippen molar-refractivity contribution in [3.05, 3.63) is 28.1 Å². The molecule has 0 saturated heterocycles. The Morgan fingerprint density at radius 3 is 3.07 bits per heavy atom. The van der Waals surface area contributed by atoms with Gasteiger partial charge in [0, 0.05) is 6.07 Å². The van der Waals surface area contributed by atoms with Gasteiger partial charge in [-0.3, -0.25) is 9.67 Å². The van der Waals surface area contributed by atoms with Crippen molar-refractivity contribution in [2.45, 2.75) is 20.1 Å². The Labute approximate surface area is 90.5 Å². The largest absolute Gasteiger partial charge is 0.388 e. The lowest BCUT2D eigenvalue weighted by atomic mass is 10.4. The molecule has 0 spiro atoms. The number of hydrogen-bond donors (Lipinski definition) is 2. The number of nitrogens with one attached hydrogen (secondary N) is 1. The van der Waals surface area contributed by atoms with Crippen LogP contribution >= 0.6 is 12.2 Å². The summed E-state index contributed by atoms with van der Waals surface area (Å²) in [6, 6.07) is 1.82. The Hall–Kier alpha value is -1.47. The van der Waals surface area contributed by atoms with Gasteiger partial charge in [0.1, 0.15) is 18.1 Å². The van der Waals surface area contributed by atoms with Crippen LogP contribution in [0.15, 0.2) is 10.6 Å². The smallest absolute Gasteiger partial charge is 0.195 e. The molecule has 7 heteroatoms. The molecule has 2 heterocycles. The van der Waals surface area contributed by atoms with E-state index in [2.05, 4.69) is 15.4 Å². The number of aromatic amines is 1. The van der Waals surface area contributed by atoms with Crippen LogP contribution in [0.25, 0.3) is 0 Å². The zero-order chi connectivity index (χ0) is 10.8. The molecule has 6 nitrogen and oxygen atoms in total. The Morgan fingerprint density at radius 2 is 2.47 bits per heavy atom. The number of nitrogens with zero attached hydrogens (tertiary/aromatic N) is 3.